The van der Waals surface area contributed by atoms with Gasteiger partial charge in [-0.2, -0.15) is 0 Å². The van der Waals surface area contributed by atoms with E-state index in [-0.39, 0.29) is 18.0 Å². The lowest BCUT2D eigenvalue weighted by Crippen LogP contribution is -2.48. The molecule has 1 amide bonds. The van der Waals surface area contributed by atoms with Crippen molar-refractivity contribution in [2.45, 2.75) is 37.8 Å². The summed E-state index contributed by atoms with van der Waals surface area (Å²) in [6.07, 6.45) is 4.95. The maximum Gasteiger partial charge on any atom is 0.224 e. The van der Waals surface area contributed by atoms with Gasteiger partial charge in [0.2, 0.25) is 5.91 Å². The molecule has 2 saturated heterocycles. The summed E-state index contributed by atoms with van der Waals surface area (Å²) >= 11 is 0. The van der Waals surface area contributed by atoms with Crippen LogP contribution in [0.5, 0.6) is 0 Å². The van der Waals surface area contributed by atoms with Gasteiger partial charge < -0.3 is 9.88 Å². The Hall–Kier alpha value is -1.86. The highest BCUT2D eigenvalue weighted by Gasteiger charge is 2.34. The molecule has 2 aliphatic rings. The predicted octanol–water partition coefficient (Wildman–Crippen LogP) is 1.49. The van der Waals surface area contributed by atoms with Crippen molar-refractivity contribution < 1.29 is 13.2 Å². The number of rotatable bonds is 4. The van der Waals surface area contributed by atoms with Gasteiger partial charge in [-0.1, -0.05) is 18.2 Å². The SMILES string of the molecule is Cn1cc(CC(=O)NC2CCN([C@H]3CCS(=O)(=O)C3)CC2)c2ccccc21. The molecule has 3 heterocycles. The topological polar surface area (TPSA) is 71.4 Å². The Labute approximate surface area is 160 Å². The Morgan fingerprint density at radius 1 is 1.19 bits per heavy atom. The molecule has 2 aromatic rings. The number of carbonyl (C=O) groups is 1. The molecule has 2 aliphatic heterocycles. The van der Waals surface area contributed by atoms with Crippen LogP contribution in [0.4, 0.5) is 0 Å². The summed E-state index contributed by atoms with van der Waals surface area (Å²) in [6, 6.07) is 8.49. The fraction of sp³-hybridized carbons (Fsp3) is 0.550. The lowest BCUT2D eigenvalue weighted by molar-refractivity contribution is -0.121. The Morgan fingerprint density at radius 2 is 1.93 bits per heavy atom. The van der Waals surface area contributed by atoms with Gasteiger partial charge in [0, 0.05) is 49.3 Å². The third-order valence-corrected chi connectivity index (χ3v) is 7.70. The first-order valence-electron chi connectivity index (χ1n) is 9.68. The number of hydrogen-bond acceptors (Lipinski definition) is 4. The van der Waals surface area contributed by atoms with Crippen LogP contribution in [-0.4, -0.2) is 60.5 Å². The van der Waals surface area contributed by atoms with Crippen molar-refractivity contribution in [2.24, 2.45) is 7.05 Å². The zero-order valence-electron chi connectivity index (χ0n) is 15.7. The summed E-state index contributed by atoms with van der Waals surface area (Å²) in [6.45, 7) is 1.72. The molecule has 1 atom stereocenters. The molecule has 0 unspecified atom stereocenters. The number of nitrogens with one attached hydrogen (secondary N) is 1. The lowest BCUT2D eigenvalue weighted by Gasteiger charge is -2.35. The number of fused-ring (bicyclic) bond motifs is 1. The van der Waals surface area contributed by atoms with Gasteiger partial charge in [0.15, 0.2) is 9.84 Å². The second-order valence-corrected chi connectivity index (χ2v) is 10.1. The molecular weight excluding hydrogens is 362 g/mol. The first-order chi connectivity index (χ1) is 12.9. The van der Waals surface area contributed by atoms with Crippen molar-refractivity contribution in [3.05, 3.63) is 36.0 Å². The van der Waals surface area contributed by atoms with Gasteiger partial charge in [0.05, 0.1) is 17.9 Å². The van der Waals surface area contributed by atoms with Crippen molar-refractivity contribution in [1.29, 1.82) is 0 Å². The van der Waals surface area contributed by atoms with E-state index in [9.17, 15) is 13.2 Å². The number of sulfone groups is 1. The zero-order valence-corrected chi connectivity index (χ0v) is 16.5. The number of aryl methyl sites for hydroxylation is 1. The third kappa shape index (κ3) is 4.04. The second-order valence-electron chi connectivity index (χ2n) is 7.89. The summed E-state index contributed by atoms with van der Waals surface area (Å²) in [5.74, 6) is 0.679. The maximum absolute atomic E-state index is 12.5. The molecule has 7 heteroatoms. The van der Waals surface area contributed by atoms with Crippen molar-refractivity contribution in [3.63, 3.8) is 0 Å². The van der Waals surface area contributed by atoms with Gasteiger partial charge in [0.1, 0.15) is 0 Å². The molecule has 146 valence electrons. The van der Waals surface area contributed by atoms with Crippen LogP contribution in [-0.2, 0) is 28.1 Å². The van der Waals surface area contributed by atoms with Crippen LogP contribution in [0.3, 0.4) is 0 Å². The lowest BCUT2D eigenvalue weighted by atomic mass is 10.0. The molecule has 0 spiro atoms. The van der Waals surface area contributed by atoms with E-state index in [1.807, 2.05) is 25.4 Å². The summed E-state index contributed by atoms with van der Waals surface area (Å²) < 4.78 is 25.4. The Kier molecular flexibility index (Phi) is 4.99. The summed E-state index contributed by atoms with van der Waals surface area (Å²) in [4.78, 5) is 14.8. The standard InChI is InChI=1S/C20H27N3O3S/c1-22-13-15(18-4-2-3-5-19(18)22)12-20(24)21-16-6-9-23(10-7-16)17-8-11-27(25,26)14-17/h2-5,13,16-17H,6-12,14H2,1H3,(H,21,24)/t17-/m0/s1. The van der Waals surface area contributed by atoms with Gasteiger partial charge in [-0.05, 0) is 30.9 Å². The minimum atomic E-state index is -2.84. The Morgan fingerprint density at radius 3 is 2.63 bits per heavy atom. The van der Waals surface area contributed by atoms with E-state index in [2.05, 4.69) is 26.9 Å². The molecule has 1 N–H and O–H groups in total. The fourth-order valence-corrected chi connectivity index (χ4v) is 6.25. The largest absolute Gasteiger partial charge is 0.353 e. The van der Waals surface area contributed by atoms with Crippen LogP contribution in [0.15, 0.2) is 30.5 Å². The first kappa shape index (κ1) is 18.5. The number of aromatic nitrogens is 1. The number of carbonyl (C=O) groups excluding carboxylic acids is 1. The van der Waals surface area contributed by atoms with Crippen LogP contribution in [0.1, 0.15) is 24.8 Å². The summed E-state index contributed by atoms with van der Waals surface area (Å²) in [5, 5.41) is 4.31. The smallest absolute Gasteiger partial charge is 0.224 e. The molecule has 2 fully saturated rings. The number of likely N-dealkylation sites (tertiary alicyclic amines) is 1. The van der Waals surface area contributed by atoms with Crippen LogP contribution in [0, 0.1) is 0 Å². The molecule has 0 radical (unpaired) electrons. The zero-order chi connectivity index (χ0) is 19.0. The normalized spacial score (nSPS) is 23.7. The van der Waals surface area contributed by atoms with Gasteiger partial charge in [-0.3, -0.25) is 9.69 Å². The fourth-order valence-electron chi connectivity index (χ4n) is 4.49. The highest BCUT2D eigenvalue weighted by molar-refractivity contribution is 7.91. The quantitative estimate of drug-likeness (QED) is 0.860. The average molecular weight is 390 g/mol. The van der Waals surface area contributed by atoms with E-state index in [0.717, 1.165) is 48.8 Å². The highest BCUT2D eigenvalue weighted by atomic mass is 32.2. The maximum atomic E-state index is 12.5. The van der Waals surface area contributed by atoms with Crippen molar-refractivity contribution in [1.82, 2.24) is 14.8 Å². The summed E-state index contributed by atoms with van der Waals surface area (Å²) in [5.41, 5.74) is 2.19. The first-order valence-corrected chi connectivity index (χ1v) is 11.5. The van der Waals surface area contributed by atoms with Crippen LogP contribution < -0.4 is 5.32 Å². The van der Waals surface area contributed by atoms with E-state index in [0.29, 0.717) is 17.9 Å². The monoisotopic (exact) mass is 389 g/mol. The van der Waals surface area contributed by atoms with E-state index in [1.165, 1.54) is 0 Å². The minimum Gasteiger partial charge on any atom is -0.353 e. The molecule has 27 heavy (non-hydrogen) atoms. The number of hydrogen-bond donors (Lipinski definition) is 1. The van der Waals surface area contributed by atoms with Crippen molar-refractivity contribution in [3.8, 4) is 0 Å². The number of amides is 1. The molecule has 6 nitrogen and oxygen atoms in total. The Bertz CT molecular complexity index is 943. The molecule has 0 bridgehead atoms. The van der Waals surface area contributed by atoms with Crippen LogP contribution >= 0.6 is 0 Å². The van der Waals surface area contributed by atoms with E-state index >= 15 is 0 Å². The molecule has 1 aromatic carbocycles. The molecule has 4 rings (SSSR count). The van der Waals surface area contributed by atoms with Gasteiger partial charge >= 0.3 is 0 Å². The van der Waals surface area contributed by atoms with Crippen molar-refractivity contribution in [2.75, 3.05) is 24.6 Å². The number of piperidine rings is 1. The third-order valence-electron chi connectivity index (χ3n) is 5.95. The van der Waals surface area contributed by atoms with Gasteiger partial charge in [0.25, 0.3) is 0 Å². The molecule has 0 saturated carbocycles. The molecule has 1 aromatic heterocycles. The molecular formula is C20H27N3O3S. The number of nitrogens with zero attached hydrogens (tertiary/aromatic N) is 2. The predicted molar refractivity (Wildman–Crippen MR) is 106 cm³/mol. The highest BCUT2D eigenvalue weighted by Crippen LogP contribution is 2.23. The Balaban J connectivity index is 1.31. The second kappa shape index (κ2) is 7.28. The van der Waals surface area contributed by atoms with E-state index in [4.69, 9.17) is 0 Å². The number of benzene rings is 1. The summed E-state index contributed by atoms with van der Waals surface area (Å²) in [7, 11) is -0.839. The van der Waals surface area contributed by atoms with Gasteiger partial charge in [-0.15, -0.1) is 0 Å². The molecule has 0 aliphatic carbocycles. The van der Waals surface area contributed by atoms with E-state index < -0.39 is 9.84 Å². The average Bonchev–Trinajstić information content (AvgIpc) is 3.16. The van der Waals surface area contributed by atoms with Gasteiger partial charge in [-0.25, -0.2) is 8.42 Å². The van der Waals surface area contributed by atoms with Crippen LogP contribution in [0.25, 0.3) is 10.9 Å². The number of para-hydroxylation sites is 1. The van der Waals surface area contributed by atoms with Crippen LogP contribution in [0.2, 0.25) is 0 Å². The minimum absolute atomic E-state index is 0.0632. The van der Waals surface area contributed by atoms with E-state index in [1.54, 1.807) is 0 Å². The van der Waals surface area contributed by atoms with Crippen molar-refractivity contribution >= 4 is 26.6 Å².